The molecule has 10 nitrogen and oxygen atoms in total. The summed E-state index contributed by atoms with van der Waals surface area (Å²) in [5.41, 5.74) is 9.06. The topological polar surface area (TPSA) is 131 Å². The molecule has 4 aromatic rings. The van der Waals surface area contributed by atoms with E-state index >= 15 is 0 Å². The molecule has 0 aliphatic carbocycles. The van der Waals surface area contributed by atoms with Crippen LogP contribution in [0.1, 0.15) is 59.5 Å². The first kappa shape index (κ1) is 34.2. The van der Waals surface area contributed by atoms with E-state index in [9.17, 15) is 28.3 Å². The number of ether oxygens (including phenoxy) is 1. The Morgan fingerprint density at radius 2 is 1.77 bits per heavy atom. The van der Waals surface area contributed by atoms with Gasteiger partial charge in [0, 0.05) is 38.2 Å². The number of halogens is 2. The SMILES string of the molecule is CC.Cn1c(C(=O)N2CC(Oc3cccc(-c4cccc5c4CN(CCCCN)C5=O)c3)CC2C(=O)O)cnc1-c1ccc(F)cc1F. The Kier molecular flexibility index (Phi) is 10.5. The minimum atomic E-state index is -1.18. The van der Waals surface area contributed by atoms with Crippen LogP contribution in [0.15, 0.2) is 66.9 Å². The molecule has 2 unspecified atom stereocenters. The van der Waals surface area contributed by atoms with Crippen LogP contribution in [0.2, 0.25) is 0 Å². The van der Waals surface area contributed by atoms with Gasteiger partial charge in [0.1, 0.15) is 41.0 Å². The van der Waals surface area contributed by atoms with E-state index in [1.54, 1.807) is 6.07 Å². The van der Waals surface area contributed by atoms with E-state index in [1.165, 1.54) is 28.8 Å². The molecule has 3 aromatic carbocycles. The molecule has 3 N–H and O–H groups in total. The molecule has 0 radical (unpaired) electrons. The number of nitrogens with zero attached hydrogens (tertiary/aromatic N) is 4. The number of carbonyl (C=O) groups excluding carboxylic acids is 2. The van der Waals surface area contributed by atoms with Crippen molar-refractivity contribution in [2.45, 2.75) is 51.8 Å². The Morgan fingerprint density at radius 1 is 1.02 bits per heavy atom. The zero-order chi connectivity index (χ0) is 34.5. The third kappa shape index (κ3) is 6.79. The molecule has 1 fully saturated rings. The number of benzene rings is 3. The van der Waals surface area contributed by atoms with Gasteiger partial charge in [0.05, 0.1) is 18.3 Å². The molecule has 2 amide bonds. The van der Waals surface area contributed by atoms with E-state index in [2.05, 4.69) is 4.98 Å². The van der Waals surface area contributed by atoms with Gasteiger partial charge in [-0.25, -0.2) is 18.6 Å². The van der Waals surface area contributed by atoms with Crippen molar-refractivity contribution in [3.8, 4) is 28.3 Å². The highest BCUT2D eigenvalue weighted by molar-refractivity contribution is 6.00. The third-order valence-electron chi connectivity index (χ3n) is 8.56. The first-order valence-corrected chi connectivity index (χ1v) is 16.1. The minimum Gasteiger partial charge on any atom is -0.488 e. The Hall–Kier alpha value is -5.10. The number of fused-ring (bicyclic) bond motifs is 1. The Bertz CT molecular complexity index is 1830. The number of likely N-dealkylation sites (tertiary alicyclic amines) is 1. The molecule has 1 saturated heterocycles. The predicted octanol–water partition coefficient (Wildman–Crippen LogP) is 5.50. The molecule has 12 heteroatoms. The number of aromatic nitrogens is 2. The fourth-order valence-corrected chi connectivity index (χ4v) is 6.24. The molecule has 2 atom stereocenters. The maximum atomic E-state index is 14.4. The molecule has 3 heterocycles. The normalized spacial score (nSPS) is 16.8. The highest BCUT2D eigenvalue weighted by Crippen LogP contribution is 2.35. The molecule has 2 aliphatic heterocycles. The number of aliphatic carboxylic acids is 1. The molecule has 252 valence electrons. The number of rotatable bonds is 10. The summed E-state index contributed by atoms with van der Waals surface area (Å²) in [5.74, 6) is -2.76. The second-order valence-corrected chi connectivity index (χ2v) is 11.5. The van der Waals surface area contributed by atoms with Crippen molar-refractivity contribution in [1.82, 2.24) is 19.4 Å². The zero-order valence-corrected chi connectivity index (χ0v) is 27.2. The summed E-state index contributed by atoms with van der Waals surface area (Å²) >= 11 is 0. The van der Waals surface area contributed by atoms with E-state index in [0.29, 0.717) is 30.9 Å². The molecule has 0 saturated carbocycles. The van der Waals surface area contributed by atoms with Gasteiger partial charge in [-0.05, 0) is 66.4 Å². The summed E-state index contributed by atoms with van der Waals surface area (Å²) in [6.07, 6.45) is 2.36. The first-order chi connectivity index (χ1) is 23.2. The molecular weight excluding hydrogens is 620 g/mol. The van der Waals surface area contributed by atoms with Crippen LogP contribution in [0, 0.1) is 11.6 Å². The van der Waals surface area contributed by atoms with Crippen LogP contribution in [0.5, 0.6) is 5.75 Å². The number of nitrogens with two attached hydrogens (primary N) is 1. The van der Waals surface area contributed by atoms with Crippen LogP contribution in [-0.2, 0) is 18.4 Å². The van der Waals surface area contributed by atoms with Crippen molar-refractivity contribution in [3.63, 3.8) is 0 Å². The van der Waals surface area contributed by atoms with Crippen molar-refractivity contribution >= 4 is 17.8 Å². The summed E-state index contributed by atoms with van der Waals surface area (Å²) < 4.78 is 35.5. The Balaban J connectivity index is 0.00000221. The molecule has 1 aromatic heterocycles. The van der Waals surface area contributed by atoms with E-state index in [-0.39, 0.29) is 36.0 Å². The van der Waals surface area contributed by atoms with Crippen molar-refractivity contribution in [1.29, 1.82) is 0 Å². The molecular formula is C36H39F2N5O5. The number of carboxylic acid groups (broad SMARTS) is 1. The largest absolute Gasteiger partial charge is 0.488 e. The average molecular weight is 660 g/mol. The number of carboxylic acids is 1. The number of carbonyl (C=O) groups is 3. The maximum Gasteiger partial charge on any atom is 0.326 e. The third-order valence-corrected chi connectivity index (χ3v) is 8.56. The highest BCUT2D eigenvalue weighted by atomic mass is 19.1. The highest BCUT2D eigenvalue weighted by Gasteiger charge is 2.42. The van der Waals surface area contributed by atoms with Gasteiger partial charge in [-0.3, -0.25) is 9.59 Å². The van der Waals surface area contributed by atoms with Crippen LogP contribution in [0.25, 0.3) is 22.5 Å². The second kappa shape index (κ2) is 14.8. The lowest BCUT2D eigenvalue weighted by atomic mass is 9.97. The summed E-state index contributed by atoms with van der Waals surface area (Å²) in [7, 11) is 1.51. The van der Waals surface area contributed by atoms with Crippen molar-refractivity contribution in [3.05, 3.63) is 95.3 Å². The van der Waals surface area contributed by atoms with Crippen LogP contribution < -0.4 is 10.5 Å². The van der Waals surface area contributed by atoms with Gasteiger partial charge in [0.25, 0.3) is 11.8 Å². The van der Waals surface area contributed by atoms with Gasteiger partial charge in [-0.15, -0.1) is 0 Å². The number of imidazole rings is 1. The lowest BCUT2D eigenvalue weighted by molar-refractivity contribution is -0.141. The number of unbranched alkanes of at least 4 members (excludes halogenated alkanes) is 1. The lowest BCUT2D eigenvalue weighted by Crippen LogP contribution is -2.41. The Morgan fingerprint density at radius 3 is 2.50 bits per heavy atom. The van der Waals surface area contributed by atoms with Gasteiger partial charge < -0.3 is 29.9 Å². The van der Waals surface area contributed by atoms with E-state index in [4.69, 9.17) is 10.5 Å². The predicted molar refractivity (Wildman–Crippen MR) is 176 cm³/mol. The Labute approximate surface area is 277 Å². The van der Waals surface area contributed by atoms with Crippen LogP contribution in [0.3, 0.4) is 0 Å². The fourth-order valence-electron chi connectivity index (χ4n) is 6.24. The molecule has 6 rings (SSSR count). The second-order valence-electron chi connectivity index (χ2n) is 11.5. The van der Waals surface area contributed by atoms with Gasteiger partial charge in [-0.1, -0.05) is 38.1 Å². The van der Waals surface area contributed by atoms with Gasteiger partial charge in [0.2, 0.25) is 0 Å². The summed E-state index contributed by atoms with van der Waals surface area (Å²) in [4.78, 5) is 46.1. The maximum absolute atomic E-state index is 14.4. The standard InChI is InChI=1S/C34H33F2N5O5.C2H6/c1-39-30(17-38-31(39)26-11-10-21(35)15-28(26)36)33(43)41-18-23(16-29(41)34(44)45)46-22-7-4-6-20(14-22)24-8-5-9-25-27(24)19-40(32(25)42)13-3-2-12-37;1-2/h4-11,14-15,17,23,29H,2-3,12-13,16,18-19,37H2,1H3,(H,44,45);1-2H3. The quantitative estimate of drug-likeness (QED) is 0.215. The molecule has 0 bridgehead atoms. The van der Waals surface area contributed by atoms with E-state index in [0.717, 1.165) is 41.7 Å². The van der Waals surface area contributed by atoms with Crippen LogP contribution >= 0.6 is 0 Å². The molecule has 2 aliphatic rings. The van der Waals surface area contributed by atoms with Crippen LogP contribution in [-0.4, -0.2) is 74.0 Å². The minimum absolute atomic E-state index is 0.0000426. The van der Waals surface area contributed by atoms with Crippen LogP contribution in [0.4, 0.5) is 8.78 Å². The summed E-state index contributed by atoms with van der Waals surface area (Å²) in [6, 6.07) is 14.9. The number of hydrogen-bond donors (Lipinski definition) is 2. The fraction of sp³-hybridized carbons (Fsp3) is 0.333. The molecule has 0 spiro atoms. The van der Waals surface area contributed by atoms with Gasteiger partial charge in [-0.2, -0.15) is 0 Å². The smallest absolute Gasteiger partial charge is 0.326 e. The summed E-state index contributed by atoms with van der Waals surface area (Å²) in [5, 5.41) is 9.98. The van der Waals surface area contributed by atoms with Crippen molar-refractivity contribution < 1.29 is 33.0 Å². The van der Waals surface area contributed by atoms with Gasteiger partial charge >= 0.3 is 5.97 Å². The van der Waals surface area contributed by atoms with E-state index in [1.807, 2.05) is 55.1 Å². The van der Waals surface area contributed by atoms with Crippen molar-refractivity contribution in [2.24, 2.45) is 12.8 Å². The first-order valence-electron chi connectivity index (χ1n) is 16.1. The van der Waals surface area contributed by atoms with E-state index < -0.39 is 35.7 Å². The number of hydrogen-bond acceptors (Lipinski definition) is 6. The average Bonchev–Trinajstić information content (AvgIpc) is 3.77. The summed E-state index contributed by atoms with van der Waals surface area (Å²) in [6.45, 7) is 5.72. The lowest BCUT2D eigenvalue weighted by Gasteiger charge is -2.21. The monoisotopic (exact) mass is 659 g/mol. The van der Waals surface area contributed by atoms with Crippen molar-refractivity contribution in [2.75, 3.05) is 19.6 Å². The zero-order valence-electron chi connectivity index (χ0n) is 27.2. The molecule has 48 heavy (non-hydrogen) atoms. The van der Waals surface area contributed by atoms with Gasteiger partial charge in [0.15, 0.2) is 0 Å². The number of amides is 2.